The normalized spacial score (nSPS) is 27.0. The molecule has 0 radical (unpaired) electrons. The van der Waals surface area contributed by atoms with E-state index >= 15 is 0 Å². The lowest BCUT2D eigenvalue weighted by Gasteiger charge is -2.37. The van der Waals surface area contributed by atoms with Gasteiger partial charge >= 0.3 is 0 Å². The number of nitrogens with one attached hydrogen (secondary N) is 1. The van der Waals surface area contributed by atoms with Crippen LogP contribution in [0, 0.1) is 0 Å². The third kappa shape index (κ3) is 5.10. The van der Waals surface area contributed by atoms with Gasteiger partial charge in [-0.2, -0.15) is 11.8 Å². The smallest absolute Gasteiger partial charge is 0.0231 e. The highest BCUT2D eigenvalue weighted by Crippen LogP contribution is 2.29. The van der Waals surface area contributed by atoms with E-state index in [4.69, 9.17) is 0 Å². The van der Waals surface area contributed by atoms with Crippen LogP contribution in [0.2, 0.25) is 0 Å². The highest BCUT2D eigenvalue weighted by atomic mass is 32.2. The lowest BCUT2D eigenvalue weighted by atomic mass is 10.1. The van der Waals surface area contributed by atoms with Gasteiger partial charge in [-0.25, -0.2) is 0 Å². The highest BCUT2D eigenvalue weighted by molar-refractivity contribution is 8.00. The fourth-order valence-corrected chi connectivity index (χ4v) is 4.39. The van der Waals surface area contributed by atoms with Crippen molar-refractivity contribution in [1.82, 2.24) is 10.2 Å². The quantitative estimate of drug-likeness (QED) is 0.790. The maximum atomic E-state index is 3.79. The summed E-state index contributed by atoms with van der Waals surface area (Å²) >= 11 is 2.13. The molecule has 0 aromatic carbocycles. The average Bonchev–Trinajstić information content (AvgIpc) is 2.56. The molecule has 3 heteroatoms. The highest BCUT2D eigenvalue weighted by Gasteiger charge is 2.26. The van der Waals surface area contributed by atoms with Gasteiger partial charge in [0.05, 0.1) is 0 Å². The molecule has 1 saturated heterocycles. The molecule has 1 aliphatic heterocycles. The molecule has 0 aromatic heterocycles. The van der Waals surface area contributed by atoms with E-state index in [0.29, 0.717) is 4.75 Å². The first-order chi connectivity index (χ1) is 8.66. The van der Waals surface area contributed by atoms with E-state index in [-0.39, 0.29) is 0 Å². The molecule has 1 N–H and O–H groups in total. The molecule has 2 fully saturated rings. The Kier molecular flexibility index (Phi) is 5.84. The molecular weight excluding hydrogens is 240 g/mol. The first kappa shape index (κ1) is 14.7. The van der Waals surface area contributed by atoms with E-state index < -0.39 is 0 Å². The standard InChI is InChI=1S/C15H30N2S/c1-15(2)13-17(11-12-18-15)10-9-16-14-7-5-3-4-6-8-14/h14,16H,3-13H2,1-2H3. The fourth-order valence-electron chi connectivity index (χ4n) is 3.22. The molecule has 0 amide bonds. The number of nitrogens with zero attached hydrogens (tertiary/aromatic N) is 1. The molecule has 2 aliphatic rings. The minimum absolute atomic E-state index is 0.459. The Bertz CT molecular complexity index is 235. The third-order valence-corrected chi connectivity index (χ3v) is 5.52. The van der Waals surface area contributed by atoms with Crippen LogP contribution >= 0.6 is 11.8 Å². The molecule has 1 heterocycles. The second kappa shape index (κ2) is 7.16. The van der Waals surface area contributed by atoms with Crippen LogP contribution in [0.25, 0.3) is 0 Å². The summed E-state index contributed by atoms with van der Waals surface area (Å²) in [5.74, 6) is 1.30. The summed E-state index contributed by atoms with van der Waals surface area (Å²) in [6.07, 6.45) is 8.59. The number of hydrogen-bond acceptors (Lipinski definition) is 3. The minimum Gasteiger partial charge on any atom is -0.313 e. The van der Waals surface area contributed by atoms with Crippen molar-refractivity contribution in [1.29, 1.82) is 0 Å². The zero-order chi connectivity index (χ0) is 12.8. The first-order valence-corrected chi connectivity index (χ1v) is 8.74. The fraction of sp³-hybridized carbons (Fsp3) is 1.00. The molecule has 0 aromatic rings. The summed E-state index contributed by atoms with van der Waals surface area (Å²) in [7, 11) is 0. The van der Waals surface area contributed by atoms with E-state index in [2.05, 4.69) is 35.8 Å². The molecule has 0 bridgehead atoms. The second-order valence-electron chi connectivity index (χ2n) is 6.53. The van der Waals surface area contributed by atoms with Crippen LogP contribution in [0.4, 0.5) is 0 Å². The van der Waals surface area contributed by atoms with Gasteiger partial charge in [0.2, 0.25) is 0 Å². The lowest BCUT2D eigenvalue weighted by Crippen LogP contribution is -2.46. The van der Waals surface area contributed by atoms with Crippen LogP contribution < -0.4 is 5.32 Å². The number of rotatable bonds is 4. The van der Waals surface area contributed by atoms with Gasteiger partial charge in [-0.3, -0.25) is 4.90 Å². The summed E-state index contributed by atoms with van der Waals surface area (Å²) in [6.45, 7) is 9.71. The Hall–Kier alpha value is 0.270. The van der Waals surface area contributed by atoms with E-state index in [1.165, 1.54) is 70.5 Å². The molecule has 0 unspecified atom stereocenters. The van der Waals surface area contributed by atoms with Crippen LogP contribution in [0.5, 0.6) is 0 Å². The van der Waals surface area contributed by atoms with Crippen LogP contribution in [-0.4, -0.2) is 47.6 Å². The Morgan fingerprint density at radius 3 is 2.56 bits per heavy atom. The van der Waals surface area contributed by atoms with E-state index in [1.807, 2.05) is 0 Å². The van der Waals surface area contributed by atoms with Crippen molar-refractivity contribution in [3.8, 4) is 0 Å². The monoisotopic (exact) mass is 270 g/mol. The third-order valence-electron chi connectivity index (χ3n) is 4.22. The maximum absolute atomic E-state index is 3.79. The predicted octanol–water partition coefficient (Wildman–Crippen LogP) is 3.13. The molecule has 106 valence electrons. The second-order valence-corrected chi connectivity index (χ2v) is 8.33. The first-order valence-electron chi connectivity index (χ1n) is 7.75. The molecule has 2 nitrogen and oxygen atoms in total. The summed E-state index contributed by atoms with van der Waals surface area (Å²) < 4.78 is 0.459. The van der Waals surface area contributed by atoms with Crippen LogP contribution in [0.1, 0.15) is 52.4 Å². The van der Waals surface area contributed by atoms with Crippen LogP contribution in [0.15, 0.2) is 0 Å². The van der Waals surface area contributed by atoms with Crippen molar-refractivity contribution in [3.63, 3.8) is 0 Å². The van der Waals surface area contributed by atoms with Crippen LogP contribution in [-0.2, 0) is 0 Å². The van der Waals surface area contributed by atoms with Gasteiger partial charge in [0.25, 0.3) is 0 Å². The van der Waals surface area contributed by atoms with Gasteiger partial charge in [0.15, 0.2) is 0 Å². The number of hydrogen-bond donors (Lipinski definition) is 1. The maximum Gasteiger partial charge on any atom is 0.0231 e. The summed E-state index contributed by atoms with van der Waals surface area (Å²) in [6, 6.07) is 0.805. The topological polar surface area (TPSA) is 15.3 Å². The van der Waals surface area contributed by atoms with Crippen molar-refractivity contribution >= 4 is 11.8 Å². The van der Waals surface area contributed by atoms with Gasteiger partial charge in [0, 0.05) is 42.7 Å². The predicted molar refractivity (Wildman–Crippen MR) is 82.5 cm³/mol. The van der Waals surface area contributed by atoms with Gasteiger partial charge in [-0.15, -0.1) is 0 Å². The van der Waals surface area contributed by atoms with E-state index in [1.54, 1.807) is 0 Å². The van der Waals surface area contributed by atoms with Crippen molar-refractivity contribution in [2.75, 3.05) is 31.9 Å². The van der Waals surface area contributed by atoms with Gasteiger partial charge < -0.3 is 5.32 Å². The Balaban J connectivity index is 1.62. The Labute approximate surface area is 117 Å². The average molecular weight is 270 g/mol. The number of thioether (sulfide) groups is 1. The zero-order valence-electron chi connectivity index (χ0n) is 12.2. The van der Waals surface area contributed by atoms with Gasteiger partial charge in [-0.1, -0.05) is 25.7 Å². The summed E-state index contributed by atoms with van der Waals surface area (Å²) in [5.41, 5.74) is 0. The van der Waals surface area contributed by atoms with Gasteiger partial charge in [-0.05, 0) is 26.7 Å². The van der Waals surface area contributed by atoms with Crippen molar-refractivity contribution in [2.24, 2.45) is 0 Å². The molecular formula is C15H30N2S. The summed E-state index contributed by atoms with van der Waals surface area (Å²) in [4.78, 5) is 2.64. The van der Waals surface area contributed by atoms with E-state index in [9.17, 15) is 0 Å². The molecule has 1 aliphatic carbocycles. The molecule has 18 heavy (non-hydrogen) atoms. The zero-order valence-corrected chi connectivity index (χ0v) is 13.0. The van der Waals surface area contributed by atoms with Crippen LogP contribution in [0.3, 0.4) is 0 Å². The largest absolute Gasteiger partial charge is 0.313 e. The Morgan fingerprint density at radius 2 is 1.89 bits per heavy atom. The SMILES string of the molecule is CC1(C)CN(CCNC2CCCCCC2)CCS1. The van der Waals surface area contributed by atoms with Crippen molar-refractivity contribution < 1.29 is 0 Å². The minimum atomic E-state index is 0.459. The molecule has 0 spiro atoms. The summed E-state index contributed by atoms with van der Waals surface area (Å²) in [5, 5.41) is 3.79. The molecule has 2 rings (SSSR count). The molecule has 1 saturated carbocycles. The van der Waals surface area contributed by atoms with E-state index in [0.717, 1.165) is 6.04 Å². The van der Waals surface area contributed by atoms with Gasteiger partial charge in [0.1, 0.15) is 0 Å². The lowest BCUT2D eigenvalue weighted by molar-refractivity contribution is 0.254. The van der Waals surface area contributed by atoms with Crippen molar-refractivity contribution in [3.05, 3.63) is 0 Å². The molecule has 0 atom stereocenters. The Morgan fingerprint density at radius 1 is 1.17 bits per heavy atom. The van der Waals surface area contributed by atoms with Crippen molar-refractivity contribution in [2.45, 2.75) is 63.2 Å².